The maximum atomic E-state index is 12.7. The smallest absolute Gasteiger partial charge is 0.246 e. The van der Waals surface area contributed by atoms with Gasteiger partial charge >= 0.3 is 0 Å². The van der Waals surface area contributed by atoms with E-state index in [1.807, 2.05) is 0 Å². The van der Waals surface area contributed by atoms with Gasteiger partial charge in [0.25, 0.3) is 0 Å². The Kier molecular flexibility index (Phi) is 6.77. The number of sulfonamides is 1. The zero-order valence-electron chi connectivity index (χ0n) is 11.4. The van der Waals surface area contributed by atoms with Crippen molar-refractivity contribution in [2.45, 2.75) is 23.8 Å². The monoisotopic (exact) mass is 418 g/mol. The minimum Gasteiger partial charge on any atom is -0.494 e. The average molecular weight is 420 g/mol. The van der Waals surface area contributed by atoms with Crippen LogP contribution in [0.2, 0.25) is 5.02 Å². The highest BCUT2D eigenvalue weighted by molar-refractivity contribution is 9.10. The van der Waals surface area contributed by atoms with Crippen LogP contribution in [0.25, 0.3) is 0 Å². The van der Waals surface area contributed by atoms with Gasteiger partial charge in [-0.1, -0.05) is 11.6 Å². The Bertz CT molecular complexity index is 613. The van der Waals surface area contributed by atoms with Gasteiger partial charge in [-0.05, 0) is 40.9 Å². The van der Waals surface area contributed by atoms with E-state index in [9.17, 15) is 8.42 Å². The number of nitrogens with two attached hydrogens (primary N) is 1. The molecule has 2 rings (SSSR count). The number of hydrogen-bond donors (Lipinski definition) is 1. The second-order valence-corrected chi connectivity index (χ2v) is 7.88. The van der Waals surface area contributed by atoms with E-state index in [1.165, 1.54) is 17.5 Å². The van der Waals surface area contributed by atoms with Crippen LogP contribution < -0.4 is 10.5 Å². The van der Waals surface area contributed by atoms with Crippen LogP contribution in [0, 0.1) is 0 Å². The van der Waals surface area contributed by atoms with Crippen molar-refractivity contribution < 1.29 is 13.2 Å². The molecule has 0 aliphatic carbocycles. The highest BCUT2D eigenvalue weighted by Gasteiger charge is 2.32. The van der Waals surface area contributed by atoms with Crippen LogP contribution in [0.1, 0.15) is 12.8 Å². The van der Waals surface area contributed by atoms with Crippen LogP contribution in [0.15, 0.2) is 21.5 Å². The van der Waals surface area contributed by atoms with Gasteiger partial charge in [0.2, 0.25) is 10.0 Å². The van der Waals surface area contributed by atoms with E-state index in [4.69, 9.17) is 22.1 Å². The zero-order chi connectivity index (χ0) is 14.9. The van der Waals surface area contributed by atoms with E-state index >= 15 is 0 Å². The van der Waals surface area contributed by atoms with Gasteiger partial charge in [-0.15, -0.1) is 12.4 Å². The fourth-order valence-electron chi connectivity index (χ4n) is 2.26. The number of benzene rings is 1. The van der Waals surface area contributed by atoms with Crippen molar-refractivity contribution in [2.75, 3.05) is 20.2 Å². The second-order valence-electron chi connectivity index (χ2n) is 4.68. The molecule has 1 heterocycles. The van der Waals surface area contributed by atoms with Gasteiger partial charge < -0.3 is 10.5 Å². The van der Waals surface area contributed by atoms with Crippen LogP contribution in [0.4, 0.5) is 0 Å². The quantitative estimate of drug-likeness (QED) is 0.817. The summed E-state index contributed by atoms with van der Waals surface area (Å²) < 4.78 is 32.5. The van der Waals surface area contributed by atoms with E-state index < -0.39 is 10.0 Å². The van der Waals surface area contributed by atoms with Gasteiger partial charge in [-0.2, -0.15) is 4.31 Å². The molecule has 9 heteroatoms. The Hall–Kier alpha value is -0.0500. The third-order valence-electron chi connectivity index (χ3n) is 3.22. The van der Waals surface area contributed by atoms with E-state index in [1.54, 1.807) is 6.07 Å². The predicted octanol–water partition coefficient (Wildman–Crippen LogP) is 2.64. The molecular formula is C12H17BrCl2N2O3S. The largest absolute Gasteiger partial charge is 0.494 e. The summed E-state index contributed by atoms with van der Waals surface area (Å²) in [5, 5.41) is 0.331. The van der Waals surface area contributed by atoms with Crippen molar-refractivity contribution in [3.63, 3.8) is 0 Å². The van der Waals surface area contributed by atoms with E-state index in [-0.39, 0.29) is 29.1 Å². The minimum absolute atomic E-state index is 0. The van der Waals surface area contributed by atoms with Crippen molar-refractivity contribution in [3.8, 4) is 5.75 Å². The first kappa shape index (κ1) is 19.0. The van der Waals surface area contributed by atoms with Crippen molar-refractivity contribution >= 4 is 50.0 Å². The Labute approximate surface area is 144 Å². The van der Waals surface area contributed by atoms with Crippen LogP contribution in [-0.4, -0.2) is 39.0 Å². The Balaban J connectivity index is 0.00000220. The number of methoxy groups -OCH3 is 1. The third kappa shape index (κ3) is 4.03. The maximum Gasteiger partial charge on any atom is 0.246 e. The highest BCUT2D eigenvalue weighted by atomic mass is 79.9. The summed E-state index contributed by atoms with van der Waals surface area (Å²) in [4.78, 5) is 0.0634. The predicted molar refractivity (Wildman–Crippen MR) is 88.9 cm³/mol. The van der Waals surface area contributed by atoms with Crippen LogP contribution in [0.5, 0.6) is 5.75 Å². The molecule has 1 unspecified atom stereocenters. The summed E-state index contributed by atoms with van der Waals surface area (Å²) in [5.74, 6) is 0.258. The Morgan fingerprint density at radius 2 is 2.14 bits per heavy atom. The van der Waals surface area contributed by atoms with Crippen molar-refractivity contribution in [3.05, 3.63) is 21.6 Å². The number of rotatable bonds is 3. The molecule has 0 saturated carbocycles. The van der Waals surface area contributed by atoms with Crippen LogP contribution in [-0.2, 0) is 10.0 Å². The fraction of sp³-hybridized carbons (Fsp3) is 0.500. The molecule has 1 aliphatic rings. The highest BCUT2D eigenvalue weighted by Crippen LogP contribution is 2.37. The molecule has 0 radical (unpaired) electrons. The molecule has 0 spiro atoms. The lowest BCUT2D eigenvalue weighted by Gasteiger charge is -2.30. The Morgan fingerprint density at radius 3 is 2.71 bits per heavy atom. The molecule has 120 valence electrons. The number of ether oxygens (including phenoxy) is 1. The van der Waals surface area contributed by atoms with Gasteiger partial charge in [-0.3, -0.25) is 0 Å². The van der Waals surface area contributed by atoms with Crippen molar-refractivity contribution in [1.29, 1.82) is 0 Å². The molecule has 0 amide bonds. The summed E-state index contributed by atoms with van der Waals surface area (Å²) in [6, 6.07) is 2.87. The van der Waals surface area contributed by atoms with E-state index in [2.05, 4.69) is 15.9 Å². The minimum atomic E-state index is -3.67. The first-order chi connectivity index (χ1) is 9.36. The molecule has 1 aliphatic heterocycles. The normalized spacial score (nSPS) is 19.9. The summed E-state index contributed by atoms with van der Waals surface area (Å²) in [5.41, 5.74) is 5.86. The molecule has 1 saturated heterocycles. The van der Waals surface area contributed by atoms with Gasteiger partial charge in [0.15, 0.2) is 5.75 Å². The Morgan fingerprint density at radius 1 is 1.48 bits per heavy atom. The molecule has 1 fully saturated rings. The number of halogens is 3. The number of piperidine rings is 1. The van der Waals surface area contributed by atoms with Crippen LogP contribution >= 0.6 is 39.9 Å². The maximum absolute atomic E-state index is 12.7. The summed E-state index contributed by atoms with van der Waals surface area (Å²) in [6.45, 7) is 0.777. The average Bonchev–Trinajstić information content (AvgIpc) is 2.38. The molecule has 1 aromatic rings. The summed E-state index contributed by atoms with van der Waals surface area (Å²) >= 11 is 9.23. The second kappa shape index (κ2) is 7.48. The molecule has 0 bridgehead atoms. The fourth-order valence-corrected chi connectivity index (χ4v) is 5.16. The van der Waals surface area contributed by atoms with E-state index in [0.29, 0.717) is 22.6 Å². The standard InChI is InChI=1S/C12H16BrClN2O3S.ClH/c1-19-12-10(13)5-8(14)6-11(12)20(17,18)16-4-2-3-9(15)7-16;/h5-6,9H,2-4,7,15H2,1H3;1H. The van der Waals surface area contributed by atoms with E-state index in [0.717, 1.165) is 12.8 Å². The lowest BCUT2D eigenvalue weighted by Crippen LogP contribution is -2.45. The molecule has 2 N–H and O–H groups in total. The molecule has 1 atom stereocenters. The summed E-state index contributed by atoms with van der Waals surface area (Å²) in [6.07, 6.45) is 1.59. The van der Waals surface area contributed by atoms with Crippen molar-refractivity contribution in [1.82, 2.24) is 4.31 Å². The third-order valence-corrected chi connectivity index (χ3v) is 5.89. The first-order valence-electron chi connectivity index (χ1n) is 6.15. The first-order valence-corrected chi connectivity index (χ1v) is 8.76. The molecule has 0 aromatic heterocycles. The van der Waals surface area contributed by atoms with Gasteiger partial charge in [0.1, 0.15) is 4.90 Å². The van der Waals surface area contributed by atoms with Crippen LogP contribution in [0.3, 0.4) is 0 Å². The SMILES string of the molecule is COc1c(Br)cc(Cl)cc1S(=O)(=O)N1CCCC(N)C1.Cl. The molecule has 5 nitrogen and oxygen atoms in total. The zero-order valence-corrected chi connectivity index (χ0v) is 15.4. The molecule has 21 heavy (non-hydrogen) atoms. The topological polar surface area (TPSA) is 72.6 Å². The molecule has 1 aromatic carbocycles. The summed E-state index contributed by atoms with van der Waals surface area (Å²) in [7, 11) is -2.24. The van der Waals surface area contributed by atoms with Gasteiger partial charge in [0.05, 0.1) is 11.6 Å². The number of hydrogen-bond acceptors (Lipinski definition) is 4. The number of nitrogens with zero attached hydrogens (tertiary/aromatic N) is 1. The van der Waals surface area contributed by atoms with Gasteiger partial charge in [0, 0.05) is 24.2 Å². The van der Waals surface area contributed by atoms with Crippen molar-refractivity contribution in [2.24, 2.45) is 5.73 Å². The van der Waals surface area contributed by atoms with Gasteiger partial charge in [-0.25, -0.2) is 8.42 Å². The molecular weight excluding hydrogens is 403 g/mol. The lowest BCUT2D eigenvalue weighted by atomic mass is 10.1. The lowest BCUT2D eigenvalue weighted by molar-refractivity contribution is 0.314.